The van der Waals surface area contributed by atoms with E-state index in [0.717, 1.165) is 6.29 Å². The Morgan fingerprint density at radius 1 is 1.43 bits per heavy atom. The summed E-state index contributed by atoms with van der Waals surface area (Å²) < 4.78 is 14.3. The average Bonchev–Trinajstić information content (AvgIpc) is 2.18. The van der Waals surface area contributed by atoms with Crippen LogP contribution in [0.5, 0.6) is 0 Å². The molecule has 0 aromatic heterocycles. The minimum Gasteiger partial charge on any atom is -0.305 e. The lowest BCUT2D eigenvalue weighted by atomic mass is 10.2. The maximum absolute atomic E-state index is 11.4. The first-order chi connectivity index (χ1) is 6.63. The minimum atomic E-state index is -1.10. The van der Waals surface area contributed by atoms with E-state index in [9.17, 15) is 9.00 Å². The third-order valence-electron chi connectivity index (χ3n) is 1.67. The van der Waals surface area contributed by atoms with Crippen molar-refractivity contribution in [1.82, 2.24) is 0 Å². The number of hydrogen-bond donors (Lipinski definition) is 1. The van der Waals surface area contributed by atoms with Gasteiger partial charge in [0.05, 0.1) is 0 Å². The Morgan fingerprint density at radius 2 is 2.14 bits per heavy atom. The van der Waals surface area contributed by atoms with E-state index >= 15 is 0 Å². The van der Waals surface area contributed by atoms with E-state index in [1.54, 1.807) is 24.3 Å². The van der Waals surface area contributed by atoms with E-state index in [0.29, 0.717) is 11.3 Å². The van der Waals surface area contributed by atoms with Crippen molar-refractivity contribution in [3.05, 3.63) is 29.8 Å². The van der Waals surface area contributed by atoms with Crippen LogP contribution < -0.4 is 4.72 Å². The molecule has 0 aliphatic rings. The third-order valence-corrected chi connectivity index (χ3v) is 2.96. The van der Waals surface area contributed by atoms with Crippen LogP contribution in [-0.4, -0.2) is 15.7 Å². The van der Waals surface area contributed by atoms with Crippen LogP contribution in [0.25, 0.3) is 0 Å². The predicted molar refractivity (Wildman–Crippen MR) is 58.7 cm³/mol. The fourth-order valence-electron chi connectivity index (χ4n) is 0.909. The molecule has 0 radical (unpaired) electrons. The molecule has 1 N–H and O–H groups in total. The van der Waals surface area contributed by atoms with Gasteiger partial charge >= 0.3 is 0 Å². The minimum absolute atomic E-state index is 0.0508. The summed E-state index contributed by atoms with van der Waals surface area (Å²) in [5, 5.41) is 0.0508. The van der Waals surface area contributed by atoms with E-state index < -0.39 is 11.0 Å². The highest BCUT2D eigenvalue weighted by Gasteiger charge is 2.04. The fourth-order valence-corrected chi connectivity index (χ4v) is 1.50. The molecule has 76 valence electrons. The molecule has 1 rings (SSSR count). The van der Waals surface area contributed by atoms with Crippen molar-refractivity contribution in [2.75, 3.05) is 4.72 Å². The molecule has 3 nitrogen and oxygen atoms in total. The fraction of sp³-hybridized carbons (Fsp3) is 0.300. The summed E-state index contributed by atoms with van der Waals surface area (Å²) in [4.78, 5) is 10.5. The van der Waals surface area contributed by atoms with Gasteiger partial charge in [0.1, 0.15) is 17.3 Å². The van der Waals surface area contributed by atoms with Gasteiger partial charge in [-0.1, -0.05) is 12.1 Å². The Hall–Kier alpha value is -1.16. The summed E-state index contributed by atoms with van der Waals surface area (Å²) in [7, 11) is -1.10. The molecule has 0 saturated carbocycles. The van der Waals surface area contributed by atoms with Gasteiger partial charge in [0.2, 0.25) is 0 Å². The van der Waals surface area contributed by atoms with Gasteiger partial charge in [0.25, 0.3) is 0 Å². The lowest BCUT2D eigenvalue weighted by Gasteiger charge is -2.08. The van der Waals surface area contributed by atoms with Crippen LogP contribution in [0.4, 0.5) is 5.69 Å². The zero-order chi connectivity index (χ0) is 10.6. The zero-order valence-corrected chi connectivity index (χ0v) is 9.01. The summed E-state index contributed by atoms with van der Waals surface area (Å²) in [6, 6.07) is 6.92. The first kappa shape index (κ1) is 10.9. The molecule has 1 aromatic rings. The number of benzene rings is 1. The first-order valence-electron chi connectivity index (χ1n) is 4.36. The summed E-state index contributed by atoms with van der Waals surface area (Å²) in [5.41, 5.74) is 1.29. The highest BCUT2D eigenvalue weighted by molar-refractivity contribution is 7.86. The van der Waals surface area contributed by atoms with Crippen LogP contribution in [0.1, 0.15) is 24.2 Å². The van der Waals surface area contributed by atoms with Crippen molar-refractivity contribution in [2.45, 2.75) is 19.1 Å². The number of aldehydes is 1. The predicted octanol–water partition coefficient (Wildman–Crippen LogP) is 1.98. The second-order valence-electron chi connectivity index (χ2n) is 3.19. The van der Waals surface area contributed by atoms with Gasteiger partial charge in [-0.15, -0.1) is 0 Å². The smallest absolute Gasteiger partial charge is 0.150 e. The quantitative estimate of drug-likeness (QED) is 0.774. The van der Waals surface area contributed by atoms with E-state index in [2.05, 4.69) is 4.72 Å². The van der Waals surface area contributed by atoms with Crippen molar-refractivity contribution in [3.8, 4) is 0 Å². The summed E-state index contributed by atoms with van der Waals surface area (Å²) in [5.74, 6) is 0. The van der Waals surface area contributed by atoms with Crippen molar-refractivity contribution in [2.24, 2.45) is 0 Å². The Kier molecular flexibility index (Phi) is 3.83. The maximum atomic E-state index is 11.4. The molecule has 0 aliphatic carbocycles. The Bertz CT molecular complexity index is 350. The van der Waals surface area contributed by atoms with Crippen LogP contribution in [-0.2, 0) is 11.0 Å². The summed E-state index contributed by atoms with van der Waals surface area (Å²) in [6.07, 6.45) is 0.767. The van der Waals surface area contributed by atoms with Crippen LogP contribution in [0.2, 0.25) is 0 Å². The molecule has 0 saturated heterocycles. The van der Waals surface area contributed by atoms with Crippen LogP contribution >= 0.6 is 0 Å². The molecule has 1 aromatic carbocycles. The average molecular weight is 211 g/mol. The molecular formula is C10H13NO2S. The monoisotopic (exact) mass is 211 g/mol. The van der Waals surface area contributed by atoms with Crippen molar-refractivity contribution in [3.63, 3.8) is 0 Å². The molecule has 4 heteroatoms. The van der Waals surface area contributed by atoms with E-state index in [1.807, 2.05) is 13.8 Å². The molecule has 0 heterocycles. The topological polar surface area (TPSA) is 46.2 Å². The molecular weight excluding hydrogens is 198 g/mol. The molecule has 0 spiro atoms. The molecule has 0 fully saturated rings. The summed E-state index contributed by atoms with van der Waals surface area (Å²) in [6.45, 7) is 3.74. The van der Waals surface area contributed by atoms with E-state index in [-0.39, 0.29) is 5.25 Å². The number of hydrogen-bond acceptors (Lipinski definition) is 2. The normalized spacial score (nSPS) is 12.5. The van der Waals surface area contributed by atoms with Crippen LogP contribution in [0, 0.1) is 0 Å². The molecule has 1 unspecified atom stereocenters. The number of carbonyl (C=O) groups excluding carboxylic acids is 1. The Balaban J connectivity index is 2.76. The standard InChI is InChI=1S/C10H13NO2S/c1-8(2)14(13)11-10-5-3-4-9(6-10)7-12/h3-8,11H,1-2H3. The van der Waals surface area contributed by atoms with Crippen molar-refractivity contribution in [1.29, 1.82) is 0 Å². The lowest BCUT2D eigenvalue weighted by Crippen LogP contribution is -2.14. The van der Waals surface area contributed by atoms with Crippen molar-refractivity contribution >= 4 is 23.0 Å². The molecule has 14 heavy (non-hydrogen) atoms. The third kappa shape index (κ3) is 2.96. The Labute approximate surface area is 86.1 Å². The van der Waals surface area contributed by atoms with Gasteiger partial charge < -0.3 is 4.72 Å². The van der Waals surface area contributed by atoms with Gasteiger partial charge in [-0.25, -0.2) is 4.21 Å². The molecule has 0 aliphatic heterocycles. The van der Waals surface area contributed by atoms with Crippen molar-refractivity contribution < 1.29 is 9.00 Å². The number of carbonyl (C=O) groups is 1. The SMILES string of the molecule is CC(C)S(=O)Nc1cccc(C=O)c1. The number of nitrogens with one attached hydrogen (secondary N) is 1. The largest absolute Gasteiger partial charge is 0.305 e. The highest BCUT2D eigenvalue weighted by Crippen LogP contribution is 2.11. The van der Waals surface area contributed by atoms with Gasteiger partial charge in [-0.3, -0.25) is 4.79 Å². The van der Waals surface area contributed by atoms with E-state index in [1.165, 1.54) is 0 Å². The molecule has 0 amide bonds. The lowest BCUT2D eigenvalue weighted by molar-refractivity contribution is 0.112. The molecule has 1 atom stereocenters. The van der Waals surface area contributed by atoms with E-state index in [4.69, 9.17) is 0 Å². The van der Waals surface area contributed by atoms with Gasteiger partial charge in [-0.2, -0.15) is 0 Å². The van der Waals surface area contributed by atoms with Crippen LogP contribution in [0.3, 0.4) is 0 Å². The Morgan fingerprint density at radius 3 is 2.71 bits per heavy atom. The highest BCUT2D eigenvalue weighted by atomic mass is 32.2. The number of anilines is 1. The zero-order valence-electron chi connectivity index (χ0n) is 8.19. The first-order valence-corrected chi connectivity index (χ1v) is 5.57. The van der Waals surface area contributed by atoms with Gasteiger partial charge in [0.15, 0.2) is 0 Å². The molecule has 0 bridgehead atoms. The second-order valence-corrected chi connectivity index (χ2v) is 4.93. The maximum Gasteiger partial charge on any atom is 0.150 e. The van der Waals surface area contributed by atoms with Crippen LogP contribution in [0.15, 0.2) is 24.3 Å². The summed E-state index contributed by atoms with van der Waals surface area (Å²) >= 11 is 0. The van der Waals surface area contributed by atoms with Gasteiger partial charge in [0, 0.05) is 16.5 Å². The number of rotatable bonds is 4. The second kappa shape index (κ2) is 4.91. The van der Waals surface area contributed by atoms with Gasteiger partial charge in [-0.05, 0) is 26.0 Å².